The molecule has 1 unspecified atom stereocenters. The summed E-state index contributed by atoms with van der Waals surface area (Å²) in [7, 11) is 0. The van der Waals surface area contributed by atoms with Crippen LogP contribution in [-0.4, -0.2) is 35.5 Å². The molecule has 1 fully saturated rings. The standard InChI is InChI=1S/C23H26N2O3S/c1-2-27-19-11-4-5-12-20(19)28-16-8-14-22(26)25-15-7-10-18(25)23-24-17-9-3-6-13-21(17)29-23/h3-6,9,11-13,18H,2,7-8,10,14-16H2,1H3. The van der Waals surface area contributed by atoms with Crippen LogP contribution in [0.1, 0.15) is 43.7 Å². The minimum absolute atomic E-state index is 0.111. The zero-order valence-corrected chi connectivity index (χ0v) is 17.5. The minimum Gasteiger partial charge on any atom is -0.490 e. The predicted molar refractivity (Wildman–Crippen MR) is 116 cm³/mol. The van der Waals surface area contributed by atoms with E-state index < -0.39 is 0 Å². The molecule has 1 aliphatic heterocycles. The molecule has 1 saturated heterocycles. The summed E-state index contributed by atoms with van der Waals surface area (Å²) >= 11 is 1.70. The van der Waals surface area contributed by atoms with Crippen molar-refractivity contribution in [1.29, 1.82) is 0 Å². The highest BCUT2D eigenvalue weighted by molar-refractivity contribution is 7.18. The number of carbonyl (C=O) groups excluding carboxylic acids is 1. The van der Waals surface area contributed by atoms with Crippen molar-refractivity contribution in [2.24, 2.45) is 0 Å². The van der Waals surface area contributed by atoms with E-state index in [-0.39, 0.29) is 11.9 Å². The first kappa shape index (κ1) is 19.7. The van der Waals surface area contributed by atoms with Crippen molar-refractivity contribution < 1.29 is 14.3 Å². The Morgan fingerprint density at radius 2 is 1.90 bits per heavy atom. The Labute approximate surface area is 175 Å². The van der Waals surface area contributed by atoms with Crippen molar-refractivity contribution in [2.45, 2.75) is 38.6 Å². The molecule has 6 heteroatoms. The van der Waals surface area contributed by atoms with Gasteiger partial charge in [-0.25, -0.2) is 4.98 Å². The lowest BCUT2D eigenvalue weighted by molar-refractivity contribution is -0.132. The maximum atomic E-state index is 12.8. The number of para-hydroxylation sites is 3. The summed E-state index contributed by atoms with van der Waals surface area (Å²) < 4.78 is 12.6. The van der Waals surface area contributed by atoms with E-state index in [1.54, 1.807) is 11.3 Å². The normalized spacial score (nSPS) is 16.3. The fraction of sp³-hybridized carbons (Fsp3) is 0.391. The third-order valence-corrected chi connectivity index (χ3v) is 6.25. The third-order valence-electron chi connectivity index (χ3n) is 5.11. The Kier molecular flexibility index (Phi) is 6.30. The number of ether oxygens (including phenoxy) is 2. The van der Waals surface area contributed by atoms with Gasteiger partial charge in [-0.2, -0.15) is 0 Å². The molecule has 5 nitrogen and oxygen atoms in total. The first-order chi connectivity index (χ1) is 14.3. The molecule has 2 heterocycles. The second-order valence-corrected chi connectivity index (χ2v) is 8.16. The predicted octanol–water partition coefficient (Wildman–Crippen LogP) is 5.22. The van der Waals surface area contributed by atoms with Crippen LogP contribution in [0.4, 0.5) is 0 Å². The van der Waals surface area contributed by atoms with Crippen molar-refractivity contribution in [1.82, 2.24) is 9.88 Å². The van der Waals surface area contributed by atoms with Gasteiger partial charge in [0, 0.05) is 13.0 Å². The van der Waals surface area contributed by atoms with E-state index in [4.69, 9.17) is 14.5 Å². The topological polar surface area (TPSA) is 51.7 Å². The van der Waals surface area contributed by atoms with Gasteiger partial charge < -0.3 is 14.4 Å². The van der Waals surface area contributed by atoms with E-state index in [9.17, 15) is 4.79 Å². The van der Waals surface area contributed by atoms with Crippen LogP contribution in [0.5, 0.6) is 11.5 Å². The molecule has 29 heavy (non-hydrogen) atoms. The summed E-state index contributed by atoms with van der Waals surface area (Å²) in [6.07, 6.45) is 3.19. The van der Waals surface area contributed by atoms with Crippen molar-refractivity contribution in [3.8, 4) is 11.5 Å². The highest BCUT2D eigenvalue weighted by Gasteiger charge is 2.31. The second kappa shape index (κ2) is 9.27. The van der Waals surface area contributed by atoms with Crippen LogP contribution in [-0.2, 0) is 4.79 Å². The number of rotatable bonds is 8. The average molecular weight is 411 g/mol. The Balaban J connectivity index is 1.32. The number of aromatic nitrogens is 1. The summed E-state index contributed by atoms with van der Waals surface area (Å²) in [5, 5.41) is 1.05. The number of nitrogens with zero attached hydrogens (tertiary/aromatic N) is 2. The molecule has 0 saturated carbocycles. The van der Waals surface area contributed by atoms with Gasteiger partial charge in [0.1, 0.15) is 5.01 Å². The van der Waals surface area contributed by atoms with Crippen LogP contribution in [0.2, 0.25) is 0 Å². The molecule has 0 N–H and O–H groups in total. The SMILES string of the molecule is CCOc1ccccc1OCCCC(=O)N1CCCC1c1nc2ccccc2s1. The summed E-state index contributed by atoms with van der Waals surface area (Å²) in [6, 6.07) is 15.9. The van der Waals surface area contributed by atoms with E-state index in [0.717, 1.165) is 41.4 Å². The van der Waals surface area contributed by atoms with E-state index in [0.29, 0.717) is 26.1 Å². The molecule has 1 amide bonds. The molecular weight excluding hydrogens is 384 g/mol. The van der Waals surface area contributed by atoms with Gasteiger partial charge in [0.2, 0.25) is 5.91 Å². The number of likely N-dealkylation sites (tertiary alicyclic amines) is 1. The first-order valence-electron chi connectivity index (χ1n) is 10.3. The monoisotopic (exact) mass is 410 g/mol. The van der Waals surface area contributed by atoms with Gasteiger partial charge in [-0.3, -0.25) is 4.79 Å². The molecule has 0 aliphatic carbocycles. The van der Waals surface area contributed by atoms with Crippen LogP contribution < -0.4 is 9.47 Å². The van der Waals surface area contributed by atoms with Gasteiger partial charge in [-0.1, -0.05) is 24.3 Å². The second-order valence-electron chi connectivity index (χ2n) is 7.10. The molecule has 3 aromatic rings. The van der Waals surface area contributed by atoms with Gasteiger partial charge in [0.05, 0.1) is 29.5 Å². The lowest BCUT2D eigenvalue weighted by Gasteiger charge is -2.23. The minimum atomic E-state index is 0.111. The molecular formula is C23H26N2O3S. The molecule has 4 rings (SSSR count). The fourth-order valence-corrected chi connectivity index (χ4v) is 4.86. The molecule has 0 spiro atoms. The Morgan fingerprint density at radius 1 is 1.14 bits per heavy atom. The zero-order valence-electron chi connectivity index (χ0n) is 16.7. The Morgan fingerprint density at radius 3 is 2.69 bits per heavy atom. The lowest BCUT2D eigenvalue weighted by Crippen LogP contribution is -2.30. The molecule has 2 aromatic carbocycles. The van der Waals surface area contributed by atoms with Gasteiger partial charge in [0.25, 0.3) is 0 Å². The van der Waals surface area contributed by atoms with E-state index in [2.05, 4.69) is 6.07 Å². The molecule has 1 aromatic heterocycles. The van der Waals surface area contributed by atoms with E-state index in [1.165, 1.54) is 4.70 Å². The van der Waals surface area contributed by atoms with Gasteiger partial charge in [0.15, 0.2) is 11.5 Å². The summed E-state index contributed by atoms with van der Waals surface area (Å²) in [6.45, 7) is 3.86. The number of carbonyl (C=O) groups is 1. The number of hydrogen-bond acceptors (Lipinski definition) is 5. The number of benzene rings is 2. The van der Waals surface area contributed by atoms with Crippen molar-refractivity contribution in [3.05, 3.63) is 53.5 Å². The van der Waals surface area contributed by atoms with Gasteiger partial charge >= 0.3 is 0 Å². The van der Waals surface area contributed by atoms with E-state index in [1.807, 2.05) is 54.3 Å². The molecule has 1 aliphatic rings. The zero-order chi connectivity index (χ0) is 20.1. The maximum absolute atomic E-state index is 12.8. The quantitative estimate of drug-likeness (QED) is 0.478. The van der Waals surface area contributed by atoms with Gasteiger partial charge in [-0.05, 0) is 50.5 Å². The number of fused-ring (bicyclic) bond motifs is 1. The average Bonchev–Trinajstić information content (AvgIpc) is 3.39. The smallest absolute Gasteiger partial charge is 0.223 e. The third kappa shape index (κ3) is 4.53. The number of thiazole rings is 1. The van der Waals surface area contributed by atoms with Crippen LogP contribution >= 0.6 is 11.3 Å². The molecule has 152 valence electrons. The summed E-state index contributed by atoms with van der Waals surface area (Å²) in [5.74, 6) is 1.67. The Hall–Kier alpha value is -2.60. The fourth-order valence-electron chi connectivity index (χ4n) is 3.75. The lowest BCUT2D eigenvalue weighted by atomic mass is 10.2. The number of hydrogen-bond donors (Lipinski definition) is 0. The first-order valence-corrected chi connectivity index (χ1v) is 11.1. The molecule has 0 bridgehead atoms. The highest BCUT2D eigenvalue weighted by Crippen LogP contribution is 2.36. The van der Waals surface area contributed by atoms with Gasteiger partial charge in [-0.15, -0.1) is 11.3 Å². The van der Waals surface area contributed by atoms with Crippen LogP contribution in [0.15, 0.2) is 48.5 Å². The van der Waals surface area contributed by atoms with Crippen LogP contribution in [0.3, 0.4) is 0 Å². The van der Waals surface area contributed by atoms with Crippen molar-refractivity contribution in [2.75, 3.05) is 19.8 Å². The van der Waals surface area contributed by atoms with Crippen LogP contribution in [0, 0.1) is 0 Å². The largest absolute Gasteiger partial charge is 0.490 e. The van der Waals surface area contributed by atoms with E-state index >= 15 is 0 Å². The van der Waals surface area contributed by atoms with Crippen molar-refractivity contribution in [3.63, 3.8) is 0 Å². The summed E-state index contributed by atoms with van der Waals surface area (Å²) in [4.78, 5) is 19.6. The maximum Gasteiger partial charge on any atom is 0.223 e. The molecule has 1 atom stereocenters. The highest BCUT2D eigenvalue weighted by atomic mass is 32.1. The number of amides is 1. The van der Waals surface area contributed by atoms with Crippen molar-refractivity contribution >= 4 is 27.5 Å². The Bertz CT molecular complexity index is 938. The molecule has 0 radical (unpaired) electrons. The van der Waals surface area contributed by atoms with Crippen LogP contribution in [0.25, 0.3) is 10.2 Å². The summed E-state index contributed by atoms with van der Waals surface area (Å²) in [5.41, 5.74) is 1.02.